The molecule has 0 fully saturated rings. The van der Waals surface area contributed by atoms with Gasteiger partial charge in [-0.15, -0.1) is 0 Å². The van der Waals surface area contributed by atoms with E-state index in [9.17, 15) is 17.6 Å². The lowest BCUT2D eigenvalue weighted by atomic mass is 10.2. The van der Waals surface area contributed by atoms with Crippen LogP contribution in [0.4, 0.5) is 23.2 Å². The van der Waals surface area contributed by atoms with E-state index in [1.165, 1.54) is 17.8 Å². The van der Waals surface area contributed by atoms with Gasteiger partial charge in [-0.2, -0.15) is 13.2 Å². The maximum atomic E-state index is 13.1. The first-order valence-corrected chi connectivity index (χ1v) is 6.26. The average molecular weight is 278 g/mol. The lowest BCUT2D eigenvalue weighted by Crippen LogP contribution is -2.15. The minimum absolute atomic E-state index is 0.192. The molecule has 0 spiro atoms. The van der Waals surface area contributed by atoms with E-state index in [0.29, 0.717) is 11.7 Å². The Labute approximate surface area is 105 Å². The van der Waals surface area contributed by atoms with Crippen molar-refractivity contribution in [3.05, 3.63) is 29.6 Å². The Balaban J connectivity index is 2.22. The van der Waals surface area contributed by atoms with Gasteiger partial charge in [-0.1, -0.05) is 11.8 Å². The summed E-state index contributed by atoms with van der Waals surface area (Å²) in [7, 11) is 0. The predicted molar refractivity (Wildman–Crippen MR) is 64.4 cm³/mol. The number of nitrogens with zero attached hydrogens (tertiary/aromatic N) is 1. The molecule has 1 N–H and O–H groups in total. The van der Waals surface area contributed by atoms with Gasteiger partial charge in [0.15, 0.2) is 5.17 Å². The minimum Gasteiger partial charge on any atom is -0.335 e. The highest BCUT2D eigenvalue weighted by molar-refractivity contribution is 8.14. The van der Waals surface area contributed by atoms with E-state index in [4.69, 9.17) is 0 Å². The van der Waals surface area contributed by atoms with Crippen LogP contribution >= 0.6 is 11.8 Å². The summed E-state index contributed by atoms with van der Waals surface area (Å²) in [6.45, 7) is 0.655. The van der Waals surface area contributed by atoms with Gasteiger partial charge < -0.3 is 5.32 Å². The zero-order valence-corrected chi connectivity index (χ0v) is 10.0. The number of alkyl halides is 3. The van der Waals surface area contributed by atoms with Crippen LogP contribution in [0.15, 0.2) is 23.2 Å². The summed E-state index contributed by atoms with van der Waals surface area (Å²) in [6, 6.07) is 2.83. The van der Waals surface area contributed by atoms with Gasteiger partial charge in [0.05, 0.1) is 5.56 Å². The standard InChI is InChI=1S/C11H10F4N2S/c12-9-3-2-7(6-8(9)11(13,14)15)17-10-16-4-1-5-18-10/h2-3,6H,1,4-5H2,(H,16,17). The second-order valence-electron chi connectivity index (χ2n) is 3.71. The van der Waals surface area contributed by atoms with E-state index < -0.39 is 17.6 Å². The molecule has 0 radical (unpaired) electrons. The zero-order valence-electron chi connectivity index (χ0n) is 9.22. The molecule has 1 aliphatic rings. The van der Waals surface area contributed by atoms with Gasteiger partial charge in [-0.25, -0.2) is 4.39 Å². The number of thioether (sulfide) groups is 1. The number of hydrogen-bond acceptors (Lipinski definition) is 3. The van der Waals surface area contributed by atoms with Gasteiger partial charge in [0.2, 0.25) is 0 Å². The molecule has 18 heavy (non-hydrogen) atoms. The molecule has 0 bridgehead atoms. The second kappa shape index (κ2) is 5.17. The van der Waals surface area contributed by atoms with E-state index in [-0.39, 0.29) is 5.69 Å². The Morgan fingerprint density at radius 2 is 2.06 bits per heavy atom. The number of halogens is 4. The summed E-state index contributed by atoms with van der Waals surface area (Å²) in [5.74, 6) is -0.398. The molecule has 2 nitrogen and oxygen atoms in total. The number of rotatable bonds is 1. The third kappa shape index (κ3) is 3.16. The van der Waals surface area contributed by atoms with Crippen molar-refractivity contribution < 1.29 is 17.6 Å². The van der Waals surface area contributed by atoms with Crippen molar-refractivity contribution in [3.63, 3.8) is 0 Å². The lowest BCUT2D eigenvalue weighted by Gasteiger charge is -2.15. The molecule has 0 saturated carbocycles. The van der Waals surface area contributed by atoms with Crippen LogP contribution < -0.4 is 5.32 Å². The number of hydrogen-bond donors (Lipinski definition) is 1. The number of amidine groups is 1. The van der Waals surface area contributed by atoms with E-state index in [0.717, 1.165) is 24.3 Å². The van der Waals surface area contributed by atoms with E-state index >= 15 is 0 Å². The zero-order chi connectivity index (χ0) is 13.2. The van der Waals surface area contributed by atoms with Crippen LogP contribution in [0.2, 0.25) is 0 Å². The third-order valence-electron chi connectivity index (χ3n) is 2.32. The quantitative estimate of drug-likeness (QED) is 0.791. The van der Waals surface area contributed by atoms with Gasteiger partial charge in [-0.3, -0.25) is 4.99 Å². The SMILES string of the molecule is Fc1ccc(NC2=NCCCS2)cc1C(F)(F)F. The predicted octanol–water partition coefficient (Wildman–Crippen LogP) is 3.75. The molecule has 1 aliphatic heterocycles. The van der Waals surface area contributed by atoms with Crippen molar-refractivity contribution in [2.24, 2.45) is 4.99 Å². The number of nitrogens with one attached hydrogen (secondary N) is 1. The first kappa shape index (κ1) is 13.2. The summed E-state index contributed by atoms with van der Waals surface area (Å²) in [6.07, 6.45) is -3.74. The molecule has 0 saturated heterocycles. The van der Waals surface area contributed by atoms with Crippen LogP contribution in [0.5, 0.6) is 0 Å². The molecule has 0 atom stereocenters. The smallest absolute Gasteiger partial charge is 0.335 e. The molecule has 0 amide bonds. The Kier molecular flexibility index (Phi) is 3.79. The van der Waals surface area contributed by atoms with Gasteiger partial charge in [0, 0.05) is 18.0 Å². The topological polar surface area (TPSA) is 24.4 Å². The number of aliphatic imine (C=N–C) groups is 1. The number of anilines is 1. The average Bonchev–Trinajstić information content (AvgIpc) is 2.31. The molecular formula is C11H10F4N2S. The molecule has 7 heteroatoms. The van der Waals surface area contributed by atoms with Crippen molar-refractivity contribution in [3.8, 4) is 0 Å². The van der Waals surface area contributed by atoms with Crippen molar-refractivity contribution in [2.75, 3.05) is 17.6 Å². The van der Waals surface area contributed by atoms with Crippen LogP contribution in [-0.4, -0.2) is 17.5 Å². The van der Waals surface area contributed by atoms with Crippen LogP contribution in [0, 0.1) is 5.82 Å². The Hall–Kier alpha value is -1.24. The van der Waals surface area contributed by atoms with E-state index in [1.807, 2.05) is 0 Å². The maximum absolute atomic E-state index is 13.1. The molecule has 2 rings (SSSR count). The van der Waals surface area contributed by atoms with Crippen LogP contribution in [0.3, 0.4) is 0 Å². The largest absolute Gasteiger partial charge is 0.419 e. The van der Waals surface area contributed by atoms with Crippen molar-refractivity contribution >= 4 is 22.6 Å². The lowest BCUT2D eigenvalue weighted by molar-refractivity contribution is -0.139. The molecule has 0 aliphatic carbocycles. The fourth-order valence-electron chi connectivity index (χ4n) is 1.48. The Morgan fingerprint density at radius 3 is 2.67 bits per heavy atom. The first-order chi connectivity index (χ1) is 8.47. The summed E-state index contributed by atoms with van der Waals surface area (Å²) in [5, 5.41) is 3.34. The second-order valence-corrected chi connectivity index (χ2v) is 4.79. The summed E-state index contributed by atoms with van der Waals surface area (Å²) in [4.78, 5) is 4.13. The molecule has 98 valence electrons. The van der Waals surface area contributed by atoms with Gasteiger partial charge in [-0.05, 0) is 24.6 Å². The van der Waals surface area contributed by atoms with E-state index in [1.54, 1.807) is 0 Å². The van der Waals surface area contributed by atoms with E-state index in [2.05, 4.69) is 10.3 Å². The monoisotopic (exact) mass is 278 g/mol. The van der Waals surface area contributed by atoms with Crippen LogP contribution in [0.1, 0.15) is 12.0 Å². The number of benzene rings is 1. The molecule has 0 unspecified atom stereocenters. The van der Waals surface area contributed by atoms with Crippen molar-refractivity contribution in [2.45, 2.75) is 12.6 Å². The van der Waals surface area contributed by atoms with Gasteiger partial charge in [0.25, 0.3) is 0 Å². The molecule has 1 aromatic rings. The summed E-state index contributed by atoms with van der Waals surface area (Å²) < 4.78 is 50.6. The molecular weight excluding hydrogens is 268 g/mol. The van der Waals surface area contributed by atoms with Gasteiger partial charge >= 0.3 is 6.18 Å². The van der Waals surface area contributed by atoms with Crippen LogP contribution in [-0.2, 0) is 6.18 Å². The fraction of sp³-hybridized carbons (Fsp3) is 0.364. The Morgan fingerprint density at radius 1 is 1.28 bits per heavy atom. The molecule has 1 aromatic carbocycles. The normalized spacial score (nSPS) is 16.3. The maximum Gasteiger partial charge on any atom is 0.419 e. The highest BCUT2D eigenvalue weighted by Gasteiger charge is 2.34. The van der Waals surface area contributed by atoms with Crippen molar-refractivity contribution in [1.29, 1.82) is 0 Å². The molecule has 0 aromatic heterocycles. The minimum atomic E-state index is -4.69. The van der Waals surface area contributed by atoms with Crippen LogP contribution in [0.25, 0.3) is 0 Å². The highest BCUT2D eigenvalue weighted by Crippen LogP contribution is 2.33. The molecule has 1 heterocycles. The third-order valence-corrected chi connectivity index (χ3v) is 3.32. The van der Waals surface area contributed by atoms with Crippen molar-refractivity contribution in [1.82, 2.24) is 0 Å². The summed E-state index contributed by atoms with van der Waals surface area (Å²) >= 11 is 1.44. The van der Waals surface area contributed by atoms with Gasteiger partial charge in [0.1, 0.15) is 5.82 Å². The fourth-order valence-corrected chi connectivity index (χ4v) is 2.32. The first-order valence-electron chi connectivity index (χ1n) is 5.28. The Bertz CT molecular complexity index is 471. The summed E-state index contributed by atoms with van der Waals surface area (Å²) in [5.41, 5.74) is -1.08. The highest BCUT2D eigenvalue weighted by atomic mass is 32.2.